The van der Waals surface area contributed by atoms with Crippen LogP contribution >= 0.6 is 11.8 Å². The van der Waals surface area contributed by atoms with Crippen LogP contribution in [0, 0.1) is 0 Å². The van der Waals surface area contributed by atoms with E-state index in [1.165, 1.54) is 0 Å². The van der Waals surface area contributed by atoms with E-state index in [4.69, 9.17) is 5.73 Å². The van der Waals surface area contributed by atoms with Gasteiger partial charge in [-0.3, -0.25) is 0 Å². The minimum Gasteiger partial charge on any atom is -0.326 e. The van der Waals surface area contributed by atoms with Gasteiger partial charge in [0.15, 0.2) is 9.84 Å². The van der Waals surface area contributed by atoms with Crippen molar-refractivity contribution in [3.05, 3.63) is 29.8 Å². The molecule has 0 aliphatic heterocycles. The maximum atomic E-state index is 11.6. The van der Waals surface area contributed by atoms with Crippen LogP contribution in [0.3, 0.4) is 0 Å². The fraction of sp³-hybridized carbons (Fsp3) is 0.500. The molecule has 1 rings (SSSR count). The third-order valence-corrected chi connectivity index (χ3v) is 5.95. The molecule has 0 heterocycles. The number of nitrogens with two attached hydrogens (primary N) is 1. The van der Waals surface area contributed by atoms with Crippen LogP contribution in [-0.2, 0) is 16.4 Å². The second-order valence-corrected chi connectivity index (χ2v) is 7.96. The van der Waals surface area contributed by atoms with Crippen molar-refractivity contribution in [1.29, 1.82) is 0 Å². The molecule has 2 N–H and O–H groups in total. The largest absolute Gasteiger partial charge is 0.326 e. The van der Waals surface area contributed by atoms with Crippen LogP contribution in [0.1, 0.15) is 19.4 Å². The van der Waals surface area contributed by atoms with Gasteiger partial charge in [0.1, 0.15) is 0 Å². The van der Waals surface area contributed by atoms with E-state index < -0.39 is 9.84 Å². The van der Waals surface area contributed by atoms with E-state index in [1.807, 2.05) is 24.3 Å². The molecule has 0 radical (unpaired) electrons. The number of sulfone groups is 1. The Hall–Kier alpha value is -0.520. The molecule has 1 aromatic carbocycles. The molecule has 96 valence electrons. The van der Waals surface area contributed by atoms with Gasteiger partial charge in [-0.15, -0.1) is 11.8 Å². The van der Waals surface area contributed by atoms with E-state index in [-0.39, 0.29) is 11.0 Å². The minimum absolute atomic E-state index is 0.224. The fourth-order valence-electron chi connectivity index (χ4n) is 1.27. The van der Waals surface area contributed by atoms with Gasteiger partial charge in [0.05, 0.1) is 11.0 Å². The Bertz CT molecular complexity index is 455. The summed E-state index contributed by atoms with van der Waals surface area (Å²) in [4.78, 5) is 1.08. The Morgan fingerprint density at radius 1 is 1.35 bits per heavy atom. The van der Waals surface area contributed by atoms with Gasteiger partial charge in [0.25, 0.3) is 0 Å². The van der Waals surface area contributed by atoms with E-state index in [1.54, 1.807) is 25.6 Å². The fourth-order valence-corrected chi connectivity index (χ4v) is 3.65. The van der Waals surface area contributed by atoms with Crippen LogP contribution < -0.4 is 5.73 Å². The molecule has 0 fully saturated rings. The predicted octanol–water partition coefficient (Wildman–Crippen LogP) is 2.06. The predicted molar refractivity (Wildman–Crippen MR) is 74.0 cm³/mol. The van der Waals surface area contributed by atoms with E-state index >= 15 is 0 Å². The Labute approximate surface area is 108 Å². The molecular weight excluding hydrogens is 254 g/mol. The summed E-state index contributed by atoms with van der Waals surface area (Å²) < 4.78 is 23.2. The van der Waals surface area contributed by atoms with E-state index in [2.05, 4.69) is 0 Å². The lowest BCUT2D eigenvalue weighted by Crippen LogP contribution is -2.18. The summed E-state index contributed by atoms with van der Waals surface area (Å²) in [5.41, 5.74) is 6.62. The molecule has 0 amide bonds. The van der Waals surface area contributed by atoms with Gasteiger partial charge in [0, 0.05) is 17.2 Å². The van der Waals surface area contributed by atoms with Crippen molar-refractivity contribution in [3.8, 4) is 0 Å². The average molecular weight is 273 g/mol. The van der Waals surface area contributed by atoms with Crippen molar-refractivity contribution in [2.75, 3.05) is 11.5 Å². The topological polar surface area (TPSA) is 60.2 Å². The molecule has 0 saturated carbocycles. The number of hydrogen-bond acceptors (Lipinski definition) is 4. The molecule has 1 aromatic rings. The molecule has 0 aliphatic carbocycles. The number of benzene rings is 1. The van der Waals surface area contributed by atoms with Crippen molar-refractivity contribution in [3.63, 3.8) is 0 Å². The zero-order valence-corrected chi connectivity index (χ0v) is 11.9. The zero-order valence-electron chi connectivity index (χ0n) is 10.2. The number of rotatable bonds is 6. The number of thioether (sulfide) groups is 1. The first-order chi connectivity index (χ1) is 7.95. The Morgan fingerprint density at radius 3 is 2.65 bits per heavy atom. The summed E-state index contributed by atoms with van der Waals surface area (Å²) in [6, 6.07) is 7.90. The summed E-state index contributed by atoms with van der Waals surface area (Å²) in [5.74, 6) is 0.816. The van der Waals surface area contributed by atoms with Gasteiger partial charge in [-0.2, -0.15) is 0 Å². The highest BCUT2D eigenvalue weighted by Gasteiger charge is 2.15. The Balaban J connectivity index is 2.51. The highest BCUT2D eigenvalue weighted by atomic mass is 32.2. The van der Waals surface area contributed by atoms with Crippen LogP contribution in [0.5, 0.6) is 0 Å². The smallest absolute Gasteiger partial charge is 0.153 e. The molecule has 0 atom stereocenters. The standard InChI is InChI=1S/C12H19NO2S2/c1-10(2)17(14,15)7-6-16-12-5-3-4-11(8-12)9-13/h3-5,8,10H,6-7,9,13H2,1-2H3. The Kier molecular flexibility index (Phi) is 5.49. The number of hydrogen-bond donors (Lipinski definition) is 1. The van der Waals surface area contributed by atoms with Gasteiger partial charge >= 0.3 is 0 Å². The Morgan fingerprint density at radius 2 is 2.06 bits per heavy atom. The van der Waals surface area contributed by atoms with Crippen molar-refractivity contribution >= 4 is 21.6 Å². The van der Waals surface area contributed by atoms with Crippen molar-refractivity contribution in [2.45, 2.75) is 30.5 Å². The summed E-state index contributed by atoms with van der Waals surface area (Å²) in [7, 11) is -2.93. The molecule has 0 aromatic heterocycles. The van der Waals surface area contributed by atoms with Gasteiger partial charge in [-0.05, 0) is 31.5 Å². The third kappa shape index (κ3) is 4.69. The molecule has 0 bridgehead atoms. The average Bonchev–Trinajstić information content (AvgIpc) is 2.29. The molecule has 0 unspecified atom stereocenters. The first kappa shape index (κ1) is 14.5. The summed E-state index contributed by atoms with van der Waals surface area (Å²) in [6.07, 6.45) is 0. The normalized spacial score (nSPS) is 12.0. The van der Waals surface area contributed by atoms with Gasteiger partial charge < -0.3 is 5.73 Å². The maximum Gasteiger partial charge on any atom is 0.153 e. The van der Waals surface area contributed by atoms with Crippen molar-refractivity contribution in [2.24, 2.45) is 5.73 Å². The molecule has 5 heteroatoms. The molecule has 0 spiro atoms. The van der Waals surface area contributed by atoms with Crippen molar-refractivity contribution < 1.29 is 8.42 Å². The lowest BCUT2D eigenvalue weighted by Gasteiger charge is -2.07. The van der Waals surface area contributed by atoms with Crippen molar-refractivity contribution in [1.82, 2.24) is 0 Å². The third-order valence-electron chi connectivity index (χ3n) is 2.49. The molecular formula is C12H19NO2S2. The van der Waals surface area contributed by atoms with Crippen LogP contribution in [0.2, 0.25) is 0 Å². The second kappa shape index (κ2) is 6.42. The quantitative estimate of drug-likeness (QED) is 0.806. The molecule has 0 saturated heterocycles. The van der Waals surface area contributed by atoms with Crippen LogP contribution in [0.25, 0.3) is 0 Å². The monoisotopic (exact) mass is 273 g/mol. The van der Waals surface area contributed by atoms with Gasteiger partial charge in [-0.1, -0.05) is 12.1 Å². The summed E-state index contributed by atoms with van der Waals surface area (Å²) in [6.45, 7) is 3.95. The summed E-state index contributed by atoms with van der Waals surface area (Å²) >= 11 is 1.56. The van der Waals surface area contributed by atoms with Gasteiger partial charge in [0.2, 0.25) is 0 Å². The lowest BCUT2D eigenvalue weighted by molar-refractivity contribution is 0.589. The van der Waals surface area contributed by atoms with Gasteiger partial charge in [-0.25, -0.2) is 8.42 Å². The molecule has 0 aliphatic rings. The molecule has 3 nitrogen and oxygen atoms in total. The lowest BCUT2D eigenvalue weighted by atomic mass is 10.2. The zero-order chi connectivity index (χ0) is 12.9. The minimum atomic E-state index is -2.93. The van der Waals surface area contributed by atoms with Crippen LogP contribution in [0.15, 0.2) is 29.2 Å². The van der Waals surface area contributed by atoms with E-state index in [0.717, 1.165) is 10.5 Å². The first-order valence-electron chi connectivity index (χ1n) is 5.59. The second-order valence-electron chi connectivity index (χ2n) is 4.12. The highest BCUT2D eigenvalue weighted by molar-refractivity contribution is 8.00. The van der Waals surface area contributed by atoms with Crippen LogP contribution in [0.4, 0.5) is 0 Å². The first-order valence-corrected chi connectivity index (χ1v) is 8.29. The maximum absolute atomic E-state index is 11.6. The van der Waals surface area contributed by atoms with Crippen LogP contribution in [-0.4, -0.2) is 25.2 Å². The SMILES string of the molecule is CC(C)S(=O)(=O)CCSc1cccc(CN)c1. The van der Waals surface area contributed by atoms with E-state index in [9.17, 15) is 8.42 Å². The van der Waals surface area contributed by atoms with E-state index in [0.29, 0.717) is 12.3 Å². The highest BCUT2D eigenvalue weighted by Crippen LogP contribution is 2.19. The summed E-state index contributed by atoms with van der Waals surface area (Å²) in [5, 5.41) is -0.293. The molecule has 17 heavy (non-hydrogen) atoms.